The number of fused-ring (bicyclic) bond motifs is 1. The summed E-state index contributed by atoms with van der Waals surface area (Å²) in [5.41, 5.74) is 1.39. The Morgan fingerprint density at radius 2 is 2.12 bits per heavy atom. The van der Waals surface area contributed by atoms with Gasteiger partial charge in [-0.2, -0.15) is 8.42 Å². The summed E-state index contributed by atoms with van der Waals surface area (Å²) >= 11 is 0. The van der Waals surface area contributed by atoms with Gasteiger partial charge in [0.2, 0.25) is 0 Å². The lowest BCUT2D eigenvalue weighted by Gasteiger charge is -2.39. The Kier molecular flexibility index (Phi) is 2.91. The minimum atomic E-state index is -3.35. The Morgan fingerprint density at radius 3 is 2.75 bits per heavy atom. The van der Waals surface area contributed by atoms with Crippen LogP contribution < -0.4 is 0 Å². The summed E-state index contributed by atoms with van der Waals surface area (Å²) in [7, 11) is -3.35. The van der Waals surface area contributed by atoms with Crippen molar-refractivity contribution in [2.45, 2.75) is 45.1 Å². The molecule has 0 aliphatic heterocycles. The average Bonchev–Trinajstić information content (AvgIpc) is 2.41. The lowest BCUT2D eigenvalue weighted by Crippen LogP contribution is -2.34. The molecule has 0 amide bonds. The Balaban J connectivity index is 2.21. The molecule has 0 aromatic carbocycles. The van der Waals surface area contributed by atoms with Crippen LogP contribution in [0.2, 0.25) is 0 Å². The van der Waals surface area contributed by atoms with Gasteiger partial charge < -0.3 is 0 Å². The first-order valence-corrected chi connectivity index (χ1v) is 7.69. The fourth-order valence-electron chi connectivity index (χ4n) is 3.48. The van der Waals surface area contributed by atoms with Crippen LogP contribution in [0.4, 0.5) is 0 Å². The molecule has 3 nitrogen and oxygen atoms in total. The van der Waals surface area contributed by atoms with E-state index >= 15 is 0 Å². The molecule has 0 N–H and O–H groups in total. The second-order valence-corrected chi connectivity index (χ2v) is 7.12. The van der Waals surface area contributed by atoms with Crippen molar-refractivity contribution in [3.63, 3.8) is 0 Å². The molecule has 4 heteroatoms. The molecule has 2 aliphatic carbocycles. The lowest BCUT2D eigenvalue weighted by atomic mass is 9.67. The maximum absolute atomic E-state index is 11.2. The van der Waals surface area contributed by atoms with Crippen molar-refractivity contribution in [2.75, 3.05) is 6.26 Å². The quantitative estimate of drug-likeness (QED) is 0.553. The predicted molar refractivity (Wildman–Crippen MR) is 63.5 cm³/mol. The predicted octanol–water partition coefficient (Wildman–Crippen LogP) is 2.49. The van der Waals surface area contributed by atoms with Crippen molar-refractivity contribution >= 4 is 10.1 Å². The van der Waals surface area contributed by atoms with Crippen LogP contribution in [0.15, 0.2) is 12.2 Å². The molecule has 0 aromatic heterocycles. The van der Waals surface area contributed by atoms with Crippen LogP contribution in [0.5, 0.6) is 0 Å². The van der Waals surface area contributed by atoms with Gasteiger partial charge in [0.05, 0.1) is 12.4 Å². The van der Waals surface area contributed by atoms with Crippen molar-refractivity contribution in [1.82, 2.24) is 0 Å². The zero-order valence-corrected chi connectivity index (χ0v) is 10.8. The summed E-state index contributed by atoms with van der Waals surface area (Å²) in [5, 5.41) is 0. The van der Waals surface area contributed by atoms with Gasteiger partial charge in [-0.15, -0.1) is 0 Å². The van der Waals surface area contributed by atoms with Gasteiger partial charge in [0.1, 0.15) is 0 Å². The molecule has 2 fully saturated rings. The van der Waals surface area contributed by atoms with Gasteiger partial charge in [-0.1, -0.05) is 19.1 Å². The summed E-state index contributed by atoms with van der Waals surface area (Å²) < 4.78 is 27.7. The highest BCUT2D eigenvalue weighted by molar-refractivity contribution is 7.86. The van der Waals surface area contributed by atoms with Gasteiger partial charge in [-0.3, -0.25) is 4.18 Å². The van der Waals surface area contributed by atoms with E-state index in [2.05, 4.69) is 13.5 Å². The maximum Gasteiger partial charge on any atom is 0.264 e. The van der Waals surface area contributed by atoms with Gasteiger partial charge in [-0.05, 0) is 37.5 Å². The fourth-order valence-corrected chi connectivity index (χ4v) is 4.14. The van der Waals surface area contributed by atoms with E-state index in [1.165, 1.54) is 18.4 Å². The first-order chi connectivity index (χ1) is 7.32. The zero-order valence-electron chi connectivity index (χ0n) is 10.0. The Bertz CT molecular complexity index is 398. The molecule has 0 radical (unpaired) electrons. The second kappa shape index (κ2) is 3.84. The maximum atomic E-state index is 11.2. The molecule has 2 saturated carbocycles. The summed E-state index contributed by atoms with van der Waals surface area (Å²) in [6.07, 6.45) is 6.22. The first kappa shape index (κ1) is 12.1. The van der Waals surface area contributed by atoms with E-state index in [4.69, 9.17) is 4.18 Å². The lowest BCUT2D eigenvalue weighted by molar-refractivity contribution is 0.112. The fraction of sp³-hybridized carbons (Fsp3) is 0.833. The van der Waals surface area contributed by atoms with Gasteiger partial charge in [0.15, 0.2) is 0 Å². The van der Waals surface area contributed by atoms with E-state index in [0.717, 1.165) is 25.5 Å². The number of hydrogen-bond acceptors (Lipinski definition) is 3. The molecule has 2 aliphatic rings. The van der Waals surface area contributed by atoms with Gasteiger partial charge >= 0.3 is 0 Å². The highest BCUT2D eigenvalue weighted by Gasteiger charge is 2.49. The smallest absolute Gasteiger partial charge is 0.264 e. The average molecular weight is 244 g/mol. The van der Waals surface area contributed by atoms with Crippen LogP contribution in [0.3, 0.4) is 0 Å². The molecule has 0 unspecified atom stereocenters. The van der Waals surface area contributed by atoms with Crippen molar-refractivity contribution < 1.29 is 12.6 Å². The molecule has 0 spiro atoms. The second-order valence-electron chi connectivity index (χ2n) is 5.52. The van der Waals surface area contributed by atoms with E-state index < -0.39 is 10.1 Å². The van der Waals surface area contributed by atoms with Crippen molar-refractivity contribution in [2.24, 2.45) is 11.3 Å². The van der Waals surface area contributed by atoms with Crippen LogP contribution in [-0.2, 0) is 14.3 Å². The molecular weight excluding hydrogens is 224 g/mol. The topological polar surface area (TPSA) is 43.4 Å². The highest BCUT2D eigenvalue weighted by Crippen LogP contribution is 2.54. The van der Waals surface area contributed by atoms with Crippen LogP contribution >= 0.6 is 0 Å². The highest BCUT2D eigenvalue weighted by atomic mass is 32.2. The summed E-state index contributed by atoms with van der Waals surface area (Å²) in [5.74, 6) is 0.232. The summed E-state index contributed by atoms with van der Waals surface area (Å²) in [4.78, 5) is 0. The van der Waals surface area contributed by atoms with Crippen LogP contribution in [0, 0.1) is 11.3 Å². The summed E-state index contributed by atoms with van der Waals surface area (Å²) in [6, 6.07) is 0. The third kappa shape index (κ3) is 2.18. The van der Waals surface area contributed by atoms with Gasteiger partial charge in [-0.25, -0.2) is 0 Å². The SMILES string of the molecule is C=C1CCC[C@@]2(C)CC[C@@H](OS(C)(=O)=O)[C@@H]12. The molecule has 92 valence electrons. The van der Waals surface area contributed by atoms with E-state index in [-0.39, 0.29) is 17.4 Å². The zero-order chi connectivity index (χ0) is 12.0. The molecule has 3 atom stereocenters. The minimum Gasteiger partial charge on any atom is -0.266 e. The van der Waals surface area contributed by atoms with Crippen molar-refractivity contribution in [3.05, 3.63) is 12.2 Å². The van der Waals surface area contributed by atoms with Crippen LogP contribution in [-0.4, -0.2) is 20.8 Å². The third-order valence-electron chi connectivity index (χ3n) is 4.11. The largest absolute Gasteiger partial charge is 0.266 e. The van der Waals surface area contributed by atoms with E-state index in [1.54, 1.807) is 0 Å². The Labute approximate surface area is 98.0 Å². The van der Waals surface area contributed by atoms with E-state index in [1.807, 2.05) is 0 Å². The molecule has 0 saturated heterocycles. The normalized spacial score (nSPS) is 39.8. The first-order valence-electron chi connectivity index (χ1n) is 5.88. The van der Waals surface area contributed by atoms with Crippen molar-refractivity contribution in [3.8, 4) is 0 Å². The standard InChI is InChI=1S/C12H20O3S/c1-9-5-4-7-12(2)8-6-10(11(9)12)15-16(3,13)14/h10-11H,1,4-8H2,2-3H3/t10-,11-,12+/m1/s1. The summed E-state index contributed by atoms with van der Waals surface area (Å²) in [6.45, 7) is 6.35. The number of hydrogen-bond donors (Lipinski definition) is 0. The van der Waals surface area contributed by atoms with Crippen molar-refractivity contribution in [1.29, 1.82) is 0 Å². The van der Waals surface area contributed by atoms with Crippen LogP contribution in [0.25, 0.3) is 0 Å². The molecule has 0 bridgehead atoms. The molecule has 0 heterocycles. The monoisotopic (exact) mass is 244 g/mol. The van der Waals surface area contributed by atoms with Gasteiger partial charge in [0.25, 0.3) is 10.1 Å². The van der Waals surface area contributed by atoms with E-state index in [9.17, 15) is 8.42 Å². The Hall–Kier alpha value is -0.350. The van der Waals surface area contributed by atoms with E-state index in [0.29, 0.717) is 0 Å². The third-order valence-corrected chi connectivity index (χ3v) is 4.70. The van der Waals surface area contributed by atoms with Gasteiger partial charge in [0, 0.05) is 5.92 Å². The molecule has 2 rings (SSSR count). The molecule has 16 heavy (non-hydrogen) atoms. The Morgan fingerprint density at radius 1 is 1.44 bits per heavy atom. The molecule has 0 aromatic rings. The number of rotatable bonds is 2. The van der Waals surface area contributed by atoms with Crippen LogP contribution in [0.1, 0.15) is 39.0 Å². The molecular formula is C12H20O3S. The minimum absolute atomic E-state index is 0.173.